The first kappa shape index (κ1) is 13.5. The van der Waals surface area contributed by atoms with Gasteiger partial charge >= 0.3 is 0 Å². The van der Waals surface area contributed by atoms with E-state index in [4.69, 9.17) is 0 Å². The molecule has 1 fully saturated rings. The van der Waals surface area contributed by atoms with Crippen LogP contribution in [0.4, 0.5) is 5.82 Å². The lowest BCUT2D eigenvalue weighted by Crippen LogP contribution is -2.26. The number of nitrogens with zero attached hydrogens (tertiary/aromatic N) is 3. The Hall–Kier alpha value is -1.91. The Labute approximate surface area is 113 Å². The van der Waals surface area contributed by atoms with Gasteiger partial charge in [-0.1, -0.05) is 13.8 Å². The average molecular weight is 260 g/mol. The molecular formula is C14H20N4O. The Morgan fingerprint density at radius 2 is 2.00 bits per heavy atom. The summed E-state index contributed by atoms with van der Waals surface area (Å²) in [5, 5.41) is 4.13. The van der Waals surface area contributed by atoms with Crippen LogP contribution in [0.2, 0.25) is 0 Å². The third-order valence-corrected chi connectivity index (χ3v) is 3.36. The number of carbonyl (C=O) groups is 1. The summed E-state index contributed by atoms with van der Waals surface area (Å²) in [7, 11) is 1.85. The molecule has 0 bridgehead atoms. The van der Waals surface area contributed by atoms with E-state index in [0.29, 0.717) is 18.6 Å². The fraction of sp³-hybridized carbons (Fsp3) is 0.500. The minimum atomic E-state index is 0.276. The molecule has 0 unspecified atom stereocenters. The van der Waals surface area contributed by atoms with Gasteiger partial charge in [0.1, 0.15) is 23.6 Å². The van der Waals surface area contributed by atoms with Gasteiger partial charge in [0, 0.05) is 32.1 Å². The molecule has 0 aromatic carbocycles. The Balaban J connectivity index is 0.000000637. The third kappa shape index (κ3) is 2.20. The van der Waals surface area contributed by atoms with E-state index in [1.807, 2.05) is 27.8 Å². The number of hydrogen-bond acceptors (Lipinski definition) is 4. The molecule has 0 amide bonds. The van der Waals surface area contributed by atoms with Crippen LogP contribution in [0.25, 0.3) is 11.0 Å². The summed E-state index contributed by atoms with van der Waals surface area (Å²) >= 11 is 0. The van der Waals surface area contributed by atoms with Gasteiger partial charge in [0.2, 0.25) is 0 Å². The van der Waals surface area contributed by atoms with Gasteiger partial charge in [0.15, 0.2) is 0 Å². The van der Waals surface area contributed by atoms with Crippen LogP contribution < -0.4 is 5.32 Å². The second-order valence-electron chi connectivity index (χ2n) is 4.49. The van der Waals surface area contributed by atoms with Crippen molar-refractivity contribution in [3.63, 3.8) is 0 Å². The van der Waals surface area contributed by atoms with Gasteiger partial charge in [-0.15, -0.1) is 0 Å². The second kappa shape index (κ2) is 5.38. The molecule has 2 aromatic rings. The van der Waals surface area contributed by atoms with Crippen molar-refractivity contribution in [3.05, 3.63) is 18.1 Å². The van der Waals surface area contributed by atoms with Crippen LogP contribution >= 0.6 is 0 Å². The van der Waals surface area contributed by atoms with E-state index >= 15 is 0 Å². The number of anilines is 1. The number of rotatable bonds is 2. The highest BCUT2D eigenvalue weighted by Gasteiger charge is 2.29. The third-order valence-electron chi connectivity index (χ3n) is 3.36. The van der Waals surface area contributed by atoms with Crippen LogP contribution in [0.5, 0.6) is 0 Å². The largest absolute Gasteiger partial charge is 0.372 e. The fourth-order valence-corrected chi connectivity index (χ4v) is 2.40. The van der Waals surface area contributed by atoms with E-state index in [9.17, 15) is 4.79 Å². The summed E-state index contributed by atoms with van der Waals surface area (Å²) in [5.74, 6) is 1.18. The van der Waals surface area contributed by atoms with Crippen molar-refractivity contribution in [2.45, 2.75) is 39.7 Å². The van der Waals surface area contributed by atoms with Crippen molar-refractivity contribution in [3.8, 4) is 0 Å². The lowest BCUT2D eigenvalue weighted by atomic mass is 9.91. The molecular weight excluding hydrogens is 240 g/mol. The lowest BCUT2D eigenvalue weighted by Gasteiger charge is -2.26. The minimum absolute atomic E-state index is 0.276. The Morgan fingerprint density at radius 3 is 2.58 bits per heavy atom. The molecule has 0 saturated heterocycles. The van der Waals surface area contributed by atoms with Crippen molar-refractivity contribution in [2.24, 2.45) is 0 Å². The second-order valence-corrected chi connectivity index (χ2v) is 4.49. The number of aryl methyl sites for hydroxylation is 1. The van der Waals surface area contributed by atoms with Crippen molar-refractivity contribution in [2.75, 3.05) is 12.4 Å². The maximum atomic E-state index is 11.1. The zero-order chi connectivity index (χ0) is 14.0. The highest BCUT2D eigenvalue weighted by Crippen LogP contribution is 2.34. The minimum Gasteiger partial charge on any atom is -0.372 e. The van der Waals surface area contributed by atoms with Crippen molar-refractivity contribution < 1.29 is 4.79 Å². The van der Waals surface area contributed by atoms with E-state index in [-0.39, 0.29) is 6.04 Å². The molecule has 0 spiro atoms. The maximum absolute atomic E-state index is 11.1. The van der Waals surface area contributed by atoms with Gasteiger partial charge in [-0.05, 0) is 12.5 Å². The first-order chi connectivity index (χ1) is 9.20. The van der Waals surface area contributed by atoms with E-state index in [0.717, 1.165) is 22.4 Å². The quantitative estimate of drug-likeness (QED) is 0.902. The molecule has 2 heterocycles. The van der Waals surface area contributed by atoms with Gasteiger partial charge in [-0.3, -0.25) is 4.79 Å². The summed E-state index contributed by atoms with van der Waals surface area (Å²) < 4.78 is 2.11. The normalized spacial score (nSPS) is 14.8. The maximum Gasteiger partial charge on any atom is 0.146 e. The highest BCUT2D eigenvalue weighted by atomic mass is 16.1. The molecule has 19 heavy (non-hydrogen) atoms. The van der Waals surface area contributed by atoms with Crippen LogP contribution in [-0.2, 0) is 4.79 Å². The summed E-state index contributed by atoms with van der Waals surface area (Å²) in [4.78, 5) is 19.6. The van der Waals surface area contributed by atoms with Gasteiger partial charge in [-0.25, -0.2) is 9.97 Å². The lowest BCUT2D eigenvalue weighted by molar-refractivity contribution is -0.126. The van der Waals surface area contributed by atoms with E-state index < -0.39 is 0 Å². The van der Waals surface area contributed by atoms with Gasteiger partial charge in [0.25, 0.3) is 0 Å². The van der Waals surface area contributed by atoms with E-state index in [1.54, 1.807) is 6.33 Å². The molecule has 1 aliphatic carbocycles. The summed E-state index contributed by atoms with van der Waals surface area (Å²) in [5.41, 5.74) is 2.06. The Kier molecular flexibility index (Phi) is 3.83. The molecule has 0 radical (unpaired) electrons. The predicted octanol–water partition coefficient (Wildman–Crippen LogP) is 2.71. The molecule has 3 rings (SSSR count). The zero-order valence-corrected chi connectivity index (χ0v) is 11.9. The molecule has 5 nitrogen and oxygen atoms in total. The number of aromatic nitrogens is 3. The number of hydrogen-bond donors (Lipinski definition) is 1. The molecule has 0 aliphatic heterocycles. The molecule has 1 N–H and O–H groups in total. The van der Waals surface area contributed by atoms with Crippen LogP contribution in [-0.4, -0.2) is 27.4 Å². The number of fused-ring (bicyclic) bond motifs is 1. The number of carbonyl (C=O) groups excluding carboxylic acids is 1. The van der Waals surface area contributed by atoms with Gasteiger partial charge in [0.05, 0.1) is 5.39 Å². The molecule has 1 saturated carbocycles. The zero-order valence-electron chi connectivity index (χ0n) is 11.9. The highest BCUT2D eigenvalue weighted by molar-refractivity contribution is 5.92. The van der Waals surface area contributed by atoms with E-state index in [2.05, 4.69) is 26.0 Å². The van der Waals surface area contributed by atoms with Gasteiger partial charge in [-0.2, -0.15) is 0 Å². The van der Waals surface area contributed by atoms with Crippen LogP contribution in [0.1, 0.15) is 38.3 Å². The van der Waals surface area contributed by atoms with E-state index in [1.165, 1.54) is 0 Å². The van der Waals surface area contributed by atoms with Crippen LogP contribution in [0.15, 0.2) is 12.5 Å². The fourth-order valence-electron chi connectivity index (χ4n) is 2.40. The standard InChI is InChI=1S/C12H14N4O.C2H6/c1-7-5-16(8-3-9(17)4-8)12-10(7)11(13-2)14-6-15-12;1-2/h5-6,8H,3-4H2,1-2H3,(H,13,14,15);1-2H3. The number of Topliss-reactive ketones (excluding diaryl/α,β-unsaturated/α-hetero) is 1. The van der Waals surface area contributed by atoms with Crippen molar-refractivity contribution in [1.82, 2.24) is 14.5 Å². The first-order valence-corrected chi connectivity index (χ1v) is 6.72. The summed E-state index contributed by atoms with van der Waals surface area (Å²) in [6, 6.07) is 0.276. The summed E-state index contributed by atoms with van der Waals surface area (Å²) in [6.45, 7) is 6.05. The monoisotopic (exact) mass is 260 g/mol. The number of nitrogens with one attached hydrogen (secondary N) is 1. The van der Waals surface area contributed by atoms with Gasteiger partial charge < -0.3 is 9.88 Å². The molecule has 1 aliphatic rings. The van der Waals surface area contributed by atoms with Crippen molar-refractivity contribution >= 4 is 22.6 Å². The average Bonchev–Trinajstić information content (AvgIpc) is 2.75. The Bertz CT molecular complexity index is 595. The smallest absolute Gasteiger partial charge is 0.146 e. The molecule has 2 aromatic heterocycles. The molecule has 5 heteroatoms. The number of ketones is 1. The predicted molar refractivity (Wildman–Crippen MR) is 76.4 cm³/mol. The van der Waals surface area contributed by atoms with Crippen LogP contribution in [0, 0.1) is 6.92 Å². The summed E-state index contributed by atoms with van der Waals surface area (Å²) in [6.07, 6.45) is 4.88. The topological polar surface area (TPSA) is 59.8 Å². The SMILES string of the molecule is CC.CNc1ncnc2c1c(C)cn2C1CC(=O)C1. The van der Waals surface area contributed by atoms with Crippen LogP contribution in [0.3, 0.4) is 0 Å². The Morgan fingerprint density at radius 1 is 1.32 bits per heavy atom. The van der Waals surface area contributed by atoms with Crippen molar-refractivity contribution in [1.29, 1.82) is 0 Å². The molecule has 0 atom stereocenters. The molecule has 102 valence electrons. The first-order valence-electron chi connectivity index (χ1n) is 6.72.